The molecule has 0 atom stereocenters. The molecule has 0 radical (unpaired) electrons. The predicted octanol–water partition coefficient (Wildman–Crippen LogP) is 1.17. The molecule has 1 N–H and O–H groups in total. The van der Waals surface area contributed by atoms with Crippen molar-refractivity contribution < 1.29 is 13.2 Å². The third-order valence-electron chi connectivity index (χ3n) is 3.97. The number of carbonyl (C=O) groups is 1. The van der Waals surface area contributed by atoms with E-state index in [0.29, 0.717) is 5.02 Å². The number of likely N-dealkylation sites (N-methyl/N-ethyl adjacent to an activating group) is 1. The van der Waals surface area contributed by atoms with E-state index >= 15 is 0 Å². The van der Waals surface area contributed by atoms with Crippen LogP contribution in [-0.4, -0.2) is 63.3 Å². The molecule has 1 heterocycles. The Hall–Kier alpha value is -1.15. The van der Waals surface area contributed by atoms with Crippen LogP contribution < -0.4 is 5.32 Å². The SMILES string of the molecule is CN1CCC(NC(=O)CN(C)S(=O)(=O)c2ccc(Cl)cc2)CC1. The van der Waals surface area contributed by atoms with Crippen LogP contribution in [0.1, 0.15) is 12.8 Å². The highest BCUT2D eigenvalue weighted by molar-refractivity contribution is 7.89. The lowest BCUT2D eigenvalue weighted by Crippen LogP contribution is -2.46. The van der Waals surface area contributed by atoms with Gasteiger partial charge in [0.1, 0.15) is 0 Å². The van der Waals surface area contributed by atoms with Crippen molar-refractivity contribution in [3.63, 3.8) is 0 Å². The van der Waals surface area contributed by atoms with Crippen molar-refractivity contribution >= 4 is 27.5 Å². The Morgan fingerprint density at radius 2 is 1.87 bits per heavy atom. The van der Waals surface area contributed by atoms with Gasteiger partial charge in [0.2, 0.25) is 15.9 Å². The molecule has 0 saturated carbocycles. The molecule has 0 spiro atoms. The van der Waals surface area contributed by atoms with E-state index in [1.165, 1.54) is 31.3 Å². The minimum atomic E-state index is -3.69. The van der Waals surface area contributed by atoms with E-state index in [2.05, 4.69) is 10.2 Å². The largest absolute Gasteiger partial charge is 0.352 e. The van der Waals surface area contributed by atoms with Crippen molar-refractivity contribution in [1.29, 1.82) is 0 Å². The average Bonchev–Trinajstić information content (AvgIpc) is 2.50. The number of amides is 1. The first-order chi connectivity index (χ1) is 10.8. The van der Waals surface area contributed by atoms with Gasteiger partial charge in [0, 0.05) is 18.1 Å². The topological polar surface area (TPSA) is 69.7 Å². The average molecular weight is 360 g/mol. The number of nitrogens with zero attached hydrogens (tertiary/aromatic N) is 2. The van der Waals surface area contributed by atoms with Crippen LogP contribution in [0.3, 0.4) is 0 Å². The molecule has 0 unspecified atom stereocenters. The van der Waals surface area contributed by atoms with Gasteiger partial charge in [-0.2, -0.15) is 4.31 Å². The first-order valence-corrected chi connectivity index (χ1v) is 9.30. The minimum Gasteiger partial charge on any atom is -0.352 e. The number of sulfonamides is 1. The van der Waals surface area contributed by atoms with E-state index in [1.807, 2.05) is 7.05 Å². The second-order valence-corrected chi connectivity index (χ2v) is 8.34. The van der Waals surface area contributed by atoms with Gasteiger partial charge in [0.25, 0.3) is 0 Å². The van der Waals surface area contributed by atoms with Crippen LogP contribution in [0.2, 0.25) is 5.02 Å². The number of nitrogens with one attached hydrogen (secondary N) is 1. The minimum absolute atomic E-state index is 0.116. The molecule has 8 heteroatoms. The summed E-state index contributed by atoms with van der Waals surface area (Å²) >= 11 is 5.77. The highest BCUT2D eigenvalue weighted by Gasteiger charge is 2.24. The van der Waals surface area contributed by atoms with E-state index in [9.17, 15) is 13.2 Å². The lowest BCUT2D eigenvalue weighted by molar-refractivity contribution is -0.122. The predicted molar refractivity (Wildman–Crippen MR) is 89.9 cm³/mol. The van der Waals surface area contributed by atoms with Gasteiger partial charge in [-0.05, 0) is 57.2 Å². The lowest BCUT2D eigenvalue weighted by atomic mass is 10.1. The smallest absolute Gasteiger partial charge is 0.243 e. The molecule has 0 aromatic heterocycles. The first kappa shape index (κ1) is 18.2. The summed E-state index contributed by atoms with van der Waals surface area (Å²) in [5, 5.41) is 3.37. The van der Waals surface area contributed by atoms with Crippen molar-refractivity contribution in [2.75, 3.05) is 33.7 Å². The Kier molecular flexibility index (Phi) is 6.02. The molecule has 1 aliphatic rings. The van der Waals surface area contributed by atoms with E-state index in [0.717, 1.165) is 30.2 Å². The third-order valence-corrected chi connectivity index (χ3v) is 6.04. The van der Waals surface area contributed by atoms with Crippen LogP contribution in [0, 0.1) is 0 Å². The molecule has 1 saturated heterocycles. The van der Waals surface area contributed by atoms with Crippen LogP contribution in [0.25, 0.3) is 0 Å². The Bertz CT molecular complexity index is 640. The highest BCUT2D eigenvalue weighted by atomic mass is 35.5. The Labute approximate surface area is 142 Å². The number of piperidine rings is 1. The van der Waals surface area contributed by atoms with Crippen LogP contribution in [-0.2, 0) is 14.8 Å². The van der Waals surface area contributed by atoms with Crippen molar-refractivity contribution in [2.45, 2.75) is 23.8 Å². The standard InChI is InChI=1S/C15H22ClN3O3S/c1-18-9-7-13(8-10-18)17-15(20)11-19(2)23(21,22)14-5-3-12(16)4-6-14/h3-6,13H,7-11H2,1-2H3,(H,17,20). The number of likely N-dealkylation sites (tertiary alicyclic amines) is 1. The quantitative estimate of drug-likeness (QED) is 0.856. The number of rotatable bonds is 5. The first-order valence-electron chi connectivity index (χ1n) is 7.49. The zero-order chi connectivity index (χ0) is 17.0. The van der Waals surface area contributed by atoms with Crippen molar-refractivity contribution in [3.05, 3.63) is 29.3 Å². The van der Waals surface area contributed by atoms with Crippen LogP contribution >= 0.6 is 11.6 Å². The number of halogens is 1. The van der Waals surface area contributed by atoms with E-state index < -0.39 is 10.0 Å². The van der Waals surface area contributed by atoms with Crippen molar-refractivity contribution in [2.24, 2.45) is 0 Å². The molecule has 128 valence electrons. The number of hydrogen-bond donors (Lipinski definition) is 1. The summed E-state index contributed by atoms with van der Waals surface area (Å²) < 4.78 is 25.9. The monoisotopic (exact) mass is 359 g/mol. The molecular formula is C15H22ClN3O3S. The number of hydrogen-bond acceptors (Lipinski definition) is 4. The van der Waals surface area contributed by atoms with Gasteiger partial charge in [-0.15, -0.1) is 0 Å². The molecule has 1 aliphatic heterocycles. The van der Waals surface area contributed by atoms with Crippen LogP contribution in [0.15, 0.2) is 29.2 Å². The number of benzene rings is 1. The van der Waals surface area contributed by atoms with Crippen LogP contribution in [0.4, 0.5) is 0 Å². The molecule has 1 amide bonds. The molecule has 1 fully saturated rings. The zero-order valence-corrected chi connectivity index (χ0v) is 14.9. The maximum absolute atomic E-state index is 12.4. The maximum Gasteiger partial charge on any atom is 0.243 e. The summed E-state index contributed by atoms with van der Waals surface area (Å²) in [6, 6.07) is 6.01. The molecular weight excluding hydrogens is 338 g/mol. The van der Waals surface area contributed by atoms with Gasteiger partial charge in [-0.1, -0.05) is 11.6 Å². The Morgan fingerprint density at radius 3 is 2.43 bits per heavy atom. The molecule has 0 bridgehead atoms. The fourth-order valence-electron chi connectivity index (χ4n) is 2.50. The van der Waals surface area contributed by atoms with Gasteiger partial charge in [-0.3, -0.25) is 4.79 Å². The van der Waals surface area contributed by atoms with E-state index in [1.54, 1.807) is 0 Å². The van der Waals surface area contributed by atoms with Crippen molar-refractivity contribution in [3.8, 4) is 0 Å². The molecule has 6 nitrogen and oxygen atoms in total. The molecule has 1 aromatic rings. The Morgan fingerprint density at radius 1 is 1.30 bits per heavy atom. The molecule has 1 aromatic carbocycles. The van der Waals surface area contributed by atoms with Gasteiger partial charge in [-0.25, -0.2) is 8.42 Å². The van der Waals surface area contributed by atoms with Crippen molar-refractivity contribution in [1.82, 2.24) is 14.5 Å². The highest BCUT2D eigenvalue weighted by Crippen LogP contribution is 2.17. The Balaban J connectivity index is 1.93. The second-order valence-electron chi connectivity index (χ2n) is 5.86. The summed E-state index contributed by atoms with van der Waals surface area (Å²) in [7, 11) is -0.248. The summed E-state index contributed by atoms with van der Waals surface area (Å²) in [5.74, 6) is -0.278. The van der Waals surface area contributed by atoms with Crippen LogP contribution in [0.5, 0.6) is 0 Å². The summed E-state index contributed by atoms with van der Waals surface area (Å²) in [6.45, 7) is 1.67. The maximum atomic E-state index is 12.4. The lowest BCUT2D eigenvalue weighted by Gasteiger charge is -2.29. The molecule has 2 rings (SSSR count). The fraction of sp³-hybridized carbons (Fsp3) is 0.533. The fourth-order valence-corrected chi connectivity index (χ4v) is 3.75. The van der Waals surface area contributed by atoms with Gasteiger partial charge in [0.15, 0.2) is 0 Å². The molecule has 23 heavy (non-hydrogen) atoms. The zero-order valence-electron chi connectivity index (χ0n) is 13.3. The third kappa shape index (κ3) is 4.91. The van der Waals surface area contributed by atoms with Gasteiger partial charge < -0.3 is 10.2 Å². The van der Waals surface area contributed by atoms with Gasteiger partial charge in [0.05, 0.1) is 11.4 Å². The number of carbonyl (C=O) groups excluding carboxylic acids is 1. The second kappa shape index (κ2) is 7.61. The molecule has 0 aliphatic carbocycles. The summed E-state index contributed by atoms with van der Waals surface area (Å²) in [6.07, 6.45) is 1.77. The normalized spacial score (nSPS) is 17.4. The summed E-state index contributed by atoms with van der Waals surface area (Å²) in [5.41, 5.74) is 0. The summed E-state index contributed by atoms with van der Waals surface area (Å²) in [4.78, 5) is 14.4. The van der Waals surface area contributed by atoms with E-state index in [4.69, 9.17) is 11.6 Å². The van der Waals surface area contributed by atoms with E-state index in [-0.39, 0.29) is 23.4 Å². The van der Waals surface area contributed by atoms with Gasteiger partial charge >= 0.3 is 0 Å².